The van der Waals surface area contributed by atoms with Crippen molar-refractivity contribution >= 4 is 0 Å². The maximum absolute atomic E-state index is 5.07. The quantitative estimate of drug-likeness (QED) is 0.623. The lowest BCUT2D eigenvalue weighted by atomic mass is 9.95. The van der Waals surface area contributed by atoms with Gasteiger partial charge in [0.25, 0.3) is 0 Å². The van der Waals surface area contributed by atoms with Crippen molar-refractivity contribution in [2.75, 3.05) is 13.7 Å². The zero-order valence-corrected chi connectivity index (χ0v) is 7.84. The van der Waals surface area contributed by atoms with Crippen molar-refractivity contribution in [3.63, 3.8) is 0 Å². The molecule has 0 aromatic heterocycles. The van der Waals surface area contributed by atoms with Crippen LogP contribution in [-0.2, 0) is 4.74 Å². The van der Waals surface area contributed by atoms with Crippen LogP contribution in [0.3, 0.4) is 0 Å². The van der Waals surface area contributed by atoms with E-state index in [4.69, 9.17) is 4.74 Å². The van der Waals surface area contributed by atoms with Crippen molar-refractivity contribution in [1.82, 2.24) is 0 Å². The second kappa shape index (κ2) is 4.27. The molecule has 0 aromatic rings. The smallest absolute Gasteiger partial charge is 0.0528 e. The molecule has 1 nitrogen and oxygen atoms in total. The van der Waals surface area contributed by atoms with E-state index in [0.717, 1.165) is 18.6 Å². The van der Waals surface area contributed by atoms with Crippen molar-refractivity contribution < 1.29 is 4.74 Å². The summed E-state index contributed by atoms with van der Waals surface area (Å²) in [6, 6.07) is 0. The minimum Gasteiger partial charge on any atom is -0.384 e. The molecule has 0 bridgehead atoms. The molecule has 0 aliphatic heterocycles. The summed E-state index contributed by atoms with van der Waals surface area (Å²) in [5.41, 5.74) is 2.41. The van der Waals surface area contributed by atoms with Gasteiger partial charge >= 0.3 is 0 Å². The molecule has 0 radical (unpaired) electrons. The first-order valence-electron chi connectivity index (χ1n) is 4.27. The second-order valence-electron chi connectivity index (χ2n) is 3.25. The molecule has 0 heterocycles. The fraction of sp³-hybridized carbons (Fsp3) is 0.455. The fourth-order valence-electron chi connectivity index (χ4n) is 1.32. The molecule has 0 amide bonds. The van der Waals surface area contributed by atoms with Crippen LogP contribution < -0.4 is 0 Å². The highest BCUT2D eigenvalue weighted by Gasteiger charge is 2.07. The monoisotopic (exact) mass is 164 g/mol. The van der Waals surface area contributed by atoms with E-state index in [1.807, 2.05) is 6.92 Å². The highest BCUT2D eigenvalue weighted by Crippen LogP contribution is 2.20. The Hall–Kier alpha value is -0.820. The largest absolute Gasteiger partial charge is 0.384 e. The zero-order chi connectivity index (χ0) is 8.97. The van der Waals surface area contributed by atoms with Crippen LogP contribution in [0.25, 0.3) is 0 Å². The Kier molecular flexibility index (Phi) is 3.30. The van der Waals surface area contributed by atoms with E-state index in [1.165, 1.54) is 5.57 Å². The Morgan fingerprint density at radius 1 is 1.75 bits per heavy atom. The molecule has 1 heteroatoms. The Balaban J connectivity index is 2.49. The SMILES string of the molecule is C=C(C)C1=CCC(COC)C=C1. The molecule has 0 aromatic carbocycles. The normalized spacial score (nSPS) is 22.2. The molecule has 66 valence electrons. The molecule has 0 N–H and O–H groups in total. The van der Waals surface area contributed by atoms with Gasteiger partial charge in [-0.15, -0.1) is 0 Å². The number of methoxy groups -OCH3 is 1. The van der Waals surface area contributed by atoms with Gasteiger partial charge in [-0.3, -0.25) is 0 Å². The molecule has 0 saturated heterocycles. The molecule has 1 rings (SSSR count). The van der Waals surface area contributed by atoms with Gasteiger partial charge in [-0.1, -0.05) is 30.4 Å². The molecule has 0 spiro atoms. The highest BCUT2D eigenvalue weighted by molar-refractivity contribution is 5.38. The Labute approximate surface area is 74.4 Å². The lowest BCUT2D eigenvalue weighted by molar-refractivity contribution is 0.170. The summed E-state index contributed by atoms with van der Waals surface area (Å²) in [5.74, 6) is 0.554. The first-order chi connectivity index (χ1) is 5.74. The van der Waals surface area contributed by atoms with Crippen LogP contribution in [0, 0.1) is 5.92 Å². The van der Waals surface area contributed by atoms with Crippen LogP contribution in [0.5, 0.6) is 0 Å². The summed E-state index contributed by atoms with van der Waals surface area (Å²) in [5, 5.41) is 0. The van der Waals surface area contributed by atoms with Crippen molar-refractivity contribution in [2.45, 2.75) is 13.3 Å². The van der Waals surface area contributed by atoms with Gasteiger partial charge in [0, 0.05) is 13.0 Å². The predicted octanol–water partition coefficient (Wildman–Crippen LogP) is 2.71. The maximum atomic E-state index is 5.07. The van der Waals surface area contributed by atoms with Crippen molar-refractivity contribution in [3.05, 3.63) is 36.0 Å². The average Bonchev–Trinajstić information content (AvgIpc) is 2.06. The predicted molar refractivity (Wildman–Crippen MR) is 52.0 cm³/mol. The third-order valence-electron chi connectivity index (χ3n) is 2.06. The Morgan fingerprint density at radius 3 is 2.92 bits per heavy atom. The maximum Gasteiger partial charge on any atom is 0.0528 e. The summed E-state index contributed by atoms with van der Waals surface area (Å²) in [4.78, 5) is 0. The molecule has 0 saturated carbocycles. The van der Waals surface area contributed by atoms with E-state index >= 15 is 0 Å². The van der Waals surface area contributed by atoms with Gasteiger partial charge in [0.15, 0.2) is 0 Å². The summed E-state index contributed by atoms with van der Waals surface area (Å²) in [6.45, 7) is 6.75. The average molecular weight is 164 g/mol. The van der Waals surface area contributed by atoms with Crippen molar-refractivity contribution in [3.8, 4) is 0 Å². The van der Waals surface area contributed by atoms with E-state index in [9.17, 15) is 0 Å². The summed E-state index contributed by atoms with van der Waals surface area (Å²) < 4.78 is 5.07. The first-order valence-corrected chi connectivity index (χ1v) is 4.27. The zero-order valence-electron chi connectivity index (χ0n) is 7.84. The highest BCUT2D eigenvalue weighted by atomic mass is 16.5. The summed E-state index contributed by atoms with van der Waals surface area (Å²) in [7, 11) is 1.74. The molecular weight excluding hydrogens is 148 g/mol. The van der Waals surface area contributed by atoms with Crippen LogP contribution in [0.2, 0.25) is 0 Å². The molecule has 1 aliphatic carbocycles. The van der Waals surface area contributed by atoms with Gasteiger partial charge in [0.2, 0.25) is 0 Å². The first kappa shape index (κ1) is 9.27. The topological polar surface area (TPSA) is 9.23 Å². The van der Waals surface area contributed by atoms with E-state index in [0.29, 0.717) is 5.92 Å². The minimum atomic E-state index is 0.554. The van der Waals surface area contributed by atoms with E-state index in [-0.39, 0.29) is 0 Å². The molecule has 1 unspecified atom stereocenters. The van der Waals surface area contributed by atoms with Crippen LogP contribution in [0.15, 0.2) is 36.0 Å². The summed E-state index contributed by atoms with van der Waals surface area (Å²) in [6.07, 6.45) is 7.64. The van der Waals surface area contributed by atoms with E-state index < -0.39 is 0 Å². The van der Waals surface area contributed by atoms with Crippen molar-refractivity contribution in [1.29, 1.82) is 0 Å². The molecule has 1 aliphatic rings. The van der Waals surface area contributed by atoms with Gasteiger partial charge in [0.05, 0.1) is 6.61 Å². The number of allylic oxidation sites excluding steroid dienone is 4. The molecule has 0 fully saturated rings. The van der Waals surface area contributed by atoms with Gasteiger partial charge in [-0.25, -0.2) is 0 Å². The van der Waals surface area contributed by atoms with Crippen LogP contribution >= 0.6 is 0 Å². The number of rotatable bonds is 3. The Morgan fingerprint density at radius 2 is 2.50 bits per heavy atom. The van der Waals surface area contributed by atoms with Gasteiger partial charge in [-0.05, 0) is 18.9 Å². The third kappa shape index (κ3) is 2.35. The second-order valence-corrected chi connectivity index (χ2v) is 3.25. The molecule has 12 heavy (non-hydrogen) atoms. The molecular formula is C11H16O. The lowest BCUT2D eigenvalue weighted by Crippen LogP contribution is -2.06. The van der Waals surface area contributed by atoms with E-state index in [2.05, 4.69) is 24.8 Å². The lowest BCUT2D eigenvalue weighted by Gasteiger charge is -2.14. The number of hydrogen-bond acceptors (Lipinski definition) is 1. The minimum absolute atomic E-state index is 0.554. The van der Waals surface area contributed by atoms with E-state index in [1.54, 1.807) is 7.11 Å². The Bertz CT molecular complexity index is 223. The van der Waals surface area contributed by atoms with Crippen LogP contribution in [0.4, 0.5) is 0 Å². The van der Waals surface area contributed by atoms with Crippen LogP contribution in [-0.4, -0.2) is 13.7 Å². The number of ether oxygens (including phenoxy) is 1. The fourth-order valence-corrected chi connectivity index (χ4v) is 1.32. The van der Waals surface area contributed by atoms with Gasteiger partial charge in [-0.2, -0.15) is 0 Å². The molecule has 1 atom stereocenters. The van der Waals surface area contributed by atoms with Crippen molar-refractivity contribution in [2.24, 2.45) is 5.92 Å². The van der Waals surface area contributed by atoms with Gasteiger partial charge < -0.3 is 4.74 Å². The number of hydrogen-bond donors (Lipinski definition) is 0. The summed E-state index contributed by atoms with van der Waals surface area (Å²) >= 11 is 0. The third-order valence-corrected chi connectivity index (χ3v) is 2.06. The van der Waals surface area contributed by atoms with Crippen LogP contribution in [0.1, 0.15) is 13.3 Å². The van der Waals surface area contributed by atoms with Gasteiger partial charge in [0.1, 0.15) is 0 Å². The standard InChI is InChI=1S/C11H16O/c1-9(2)11-6-4-10(5-7-11)8-12-3/h4,6-7,10H,1,5,8H2,2-3H3.